The molecule has 0 aliphatic carbocycles. The summed E-state index contributed by atoms with van der Waals surface area (Å²) in [4.78, 5) is 3.75. The average molecular weight is 251 g/mol. The largest absolute Gasteiger partial charge is 0.494 e. The lowest BCUT2D eigenvalue weighted by Crippen LogP contribution is -2.03. The van der Waals surface area contributed by atoms with Gasteiger partial charge in [-0.25, -0.2) is 8.78 Å². The third-order valence-corrected chi connectivity index (χ3v) is 2.52. The van der Waals surface area contributed by atoms with Crippen LogP contribution in [0.25, 0.3) is 0 Å². The maximum atomic E-state index is 13.5. The molecule has 0 amide bonds. The van der Waals surface area contributed by atoms with Gasteiger partial charge < -0.3 is 9.84 Å². The van der Waals surface area contributed by atoms with Crippen molar-refractivity contribution in [1.82, 2.24) is 4.98 Å². The van der Waals surface area contributed by atoms with Crippen LogP contribution in [-0.2, 0) is 0 Å². The summed E-state index contributed by atoms with van der Waals surface area (Å²) < 4.78 is 30.9. The summed E-state index contributed by atoms with van der Waals surface area (Å²) in [5.74, 6) is -0.971. The number of methoxy groups -OCH3 is 1. The van der Waals surface area contributed by atoms with Crippen molar-refractivity contribution >= 4 is 0 Å². The number of benzene rings is 1. The Morgan fingerprint density at radius 1 is 1.22 bits per heavy atom. The van der Waals surface area contributed by atoms with Crippen LogP contribution in [0.3, 0.4) is 0 Å². The molecule has 2 rings (SSSR count). The van der Waals surface area contributed by atoms with Gasteiger partial charge in [0.05, 0.1) is 19.0 Å². The molecule has 1 N–H and O–H groups in total. The van der Waals surface area contributed by atoms with Gasteiger partial charge in [-0.3, -0.25) is 4.98 Å². The highest BCUT2D eigenvalue weighted by atomic mass is 19.1. The number of rotatable bonds is 3. The van der Waals surface area contributed by atoms with Gasteiger partial charge in [0, 0.05) is 0 Å². The first-order chi connectivity index (χ1) is 8.61. The van der Waals surface area contributed by atoms with Gasteiger partial charge in [-0.1, -0.05) is 6.07 Å². The number of aromatic nitrogens is 1. The molecule has 1 aromatic carbocycles. The van der Waals surface area contributed by atoms with E-state index in [1.807, 2.05) is 0 Å². The average Bonchev–Trinajstić information content (AvgIpc) is 2.38. The maximum absolute atomic E-state index is 13.5. The van der Waals surface area contributed by atoms with Crippen LogP contribution in [0.1, 0.15) is 17.4 Å². The summed E-state index contributed by atoms with van der Waals surface area (Å²) in [5, 5.41) is 9.98. The van der Waals surface area contributed by atoms with E-state index in [-0.39, 0.29) is 11.4 Å². The predicted molar refractivity (Wildman–Crippen MR) is 61.2 cm³/mol. The van der Waals surface area contributed by atoms with E-state index in [1.165, 1.54) is 31.4 Å². The fourth-order valence-electron chi connectivity index (χ4n) is 1.57. The van der Waals surface area contributed by atoms with Crippen molar-refractivity contribution < 1.29 is 18.6 Å². The lowest BCUT2D eigenvalue weighted by molar-refractivity contribution is 0.214. The standard InChI is InChI=1S/C13H11F2NO2/c1-18-12-5-2-8(6-10(12)15)13(17)11-4-3-9(14)7-16-11/h2-7,13,17H,1H3. The molecule has 0 spiro atoms. The highest BCUT2D eigenvalue weighted by Crippen LogP contribution is 2.25. The lowest BCUT2D eigenvalue weighted by atomic mass is 10.1. The molecular formula is C13H11F2NO2. The molecule has 18 heavy (non-hydrogen) atoms. The number of pyridine rings is 1. The Morgan fingerprint density at radius 3 is 2.56 bits per heavy atom. The molecule has 1 heterocycles. The van der Waals surface area contributed by atoms with Crippen molar-refractivity contribution in [1.29, 1.82) is 0 Å². The third-order valence-electron chi connectivity index (χ3n) is 2.52. The van der Waals surface area contributed by atoms with Gasteiger partial charge in [-0.15, -0.1) is 0 Å². The number of nitrogens with zero attached hydrogens (tertiary/aromatic N) is 1. The molecule has 0 aliphatic rings. The Hall–Kier alpha value is -2.01. The second-order valence-corrected chi connectivity index (χ2v) is 3.70. The summed E-state index contributed by atoms with van der Waals surface area (Å²) in [6, 6.07) is 6.64. The smallest absolute Gasteiger partial charge is 0.165 e. The Morgan fingerprint density at radius 2 is 2.00 bits per heavy atom. The second-order valence-electron chi connectivity index (χ2n) is 3.70. The predicted octanol–water partition coefficient (Wildman–Crippen LogP) is 2.45. The van der Waals surface area contributed by atoms with Crippen molar-refractivity contribution in [3.8, 4) is 5.75 Å². The molecule has 0 radical (unpaired) electrons. The first-order valence-corrected chi connectivity index (χ1v) is 5.25. The number of hydrogen-bond donors (Lipinski definition) is 1. The molecule has 3 nitrogen and oxygen atoms in total. The first kappa shape index (κ1) is 12.4. The lowest BCUT2D eigenvalue weighted by Gasteiger charge is -2.11. The van der Waals surface area contributed by atoms with Crippen LogP contribution >= 0.6 is 0 Å². The van der Waals surface area contributed by atoms with Gasteiger partial charge in [0.1, 0.15) is 11.9 Å². The van der Waals surface area contributed by atoms with E-state index in [0.29, 0.717) is 5.56 Å². The van der Waals surface area contributed by atoms with Crippen LogP contribution in [0.5, 0.6) is 5.75 Å². The number of halogens is 2. The highest BCUT2D eigenvalue weighted by Gasteiger charge is 2.14. The molecule has 0 aliphatic heterocycles. The molecule has 0 bridgehead atoms. The molecule has 0 saturated carbocycles. The molecule has 0 saturated heterocycles. The number of hydrogen-bond acceptors (Lipinski definition) is 3. The van der Waals surface area contributed by atoms with Crippen molar-refractivity contribution in [3.05, 3.63) is 59.4 Å². The van der Waals surface area contributed by atoms with Crippen molar-refractivity contribution in [2.75, 3.05) is 7.11 Å². The number of ether oxygens (including phenoxy) is 1. The van der Waals surface area contributed by atoms with E-state index >= 15 is 0 Å². The third kappa shape index (κ3) is 2.46. The summed E-state index contributed by atoms with van der Waals surface area (Å²) in [6.45, 7) is 0. The van der Waals surface area contributed by atoms with Gasteiger partial charge in [-0.2, -0.15) is 0 Å². The van der Waals surface area contributed by atoms with Crippen LogP contribution in [0.15, 0.2) is 36.5 Å². The Balaban J connectivity index is 2.31. The summed E-state index contributed by atoms with van der Waals surface area (Å²) >= 11 is 0. The van der Waals surface area contributed by atoms with Crippen molar-refractivity contribution in [2.24, 2.45) is 0 Å². The Kier molecular flexibility index (Phi) is 3.53. The minimum absolute atomic E-state index is 0.0954. The molecule has 5 heteroatoms. The summed E-state index contributed by atoms with van der Waals surface area (Å²) in [7, 11) is 1.36. The first-order valence-electron chi connectivity index (χ1n) is 5.25. The van der Waals surface area contributed by atoms with E-state index < -0.39 is 17.7 Å². The Bertz CT molecular complexity index is 543. The quantitative estimate of drug-likeness (QED) is 0.911. The van der Waals surface area contributed by atoms with Crippen LogP contribution < -0.4 is 4.74 Å². The molecule has 94 valence electrons. The molecule has 0 fully saturated rings. The molecule has 2 aromatic rings. The van der Waals surface area contributed by atoms with Gasteiger partial charge in [0.2, 0.25) is 0 Å². The van der Waals surface area contributed by atoms with Gasteiger partial charge in [0.25, 0.3) is 0 Å². The minimum atomic E-state index is -1.11. The van der Waals surface area contributed by atoms with Crippen LogP contribution in [0, 0.1) is 11.6 Å². The fourth-order valence-corrected chi connectivity index (χ4v) is 1.57. The topological polar surface area (TPSA) is 42.4 Å². The van der Waals surface area contributed by atoms with Gasteiger partial charge in [-0.05, 0) is 29.8 Å². The van der Waals surface area contributed by atoms with E-state index in [0.717, 1.165) is 12.3 Å². The SMILES string of the molecule is COc1ccc(C(O)c2ccc(F)cn2)cc1F. The maximum Gasteiger partial charge on any atom is 0.165 e. The van der Waals surface area contributed by atoms with Crippen LogP contribution in [0.4, 0.5) is 8.78 Å². The van der Waals surface area contributed by atoms with E-state index in [4.69, 9.17) is 4.74 Å². The van der Waals surface area contributed by atoms with Gasteiger partial charge >= 0.3 is 0 Å². The van der Waals surface area contributed by atoms with Gasteiger partial charge in [0.15, 0.2) is 11.6 Å². The normalized spacial score (nSPS) is 12.2. The van der Waals surface area contributed by atoms with Crippen LogP contribution in [-0.4, -0.2) is 17.2 Å². The van der Waals surface area contributed by atoms with Crippen LogP contribution in [0.2, 0.25) is 0 Å². The summed E-state index contributed by atoms with van der Waals surface area (Å²) in [5.41, 5.74) is 0.577. The van der Waals surface area contributed by atoms with Crippen molar-refractivity contribution in [2.45, 2.75) is 6.10 Å². The monoisotopic (exact) mass is 251 g/mol. The molecular weight excluding hydrogens is 240 g/mol. The zero-order valence-corrected chi connectivity index (χ0v) is 9.60. The van der Waals surface area contributed by atoms with E-state index in [1.54, 1.807) is 0 Å². The number of aliphatic hydroxyl groups is 1. The molecule has 1 unspecified atom stereocenters. The minimum Gasteiger partial charge on any atom is -0.494 e. The van der Waals surface area contributed by atoms with E-state index in [2.05, 4.69) is 4.98 Å². The Labute approximate surface area is 103 Å². The summed E-state index contributed by atoms with van der Waals surface area (Å²) in [6.07, 6.45) is -0.107. The molecule has 1 aromatic heterocycles. The van der Waals surface area contributed by atoms with Crippen molar-refractivity contribution in [3.63, 3.8) is 0 Å². The highest BCUT2D eigenvalue weighted by molar-refractivity contribution is 5.33. The zero-order chi connectivity index (χ0) is 13.1. The number of aliphatic hydroxyl groups excluding tert-OH is 1. The fraction of sp³-hybridized carbons (Fsp3) is 0.154. The van der Waals surface area contributed by atoms with E-state index in [9.17, 15) is 13.9 Å². The molecule has 1 atom stereocenters. The zero-order valence-electron chi connectivity index (χ0n) is 9.60. The second kappa shape index (κ2) is 5.10.